The van der Waals surface area contributed by atoms with Gasteiger partial charge in [-0.05, 0) is 32.0 Å². The fourth-order valence-electron chi connectivity index (χ4n) is 3.29. The minimum atomic E-state index is -3.77. The second-order valence-electron chi connectivity index (χ2n) is 6.68. The molecule has 0 bridgehead atoms. The average molecular weight is 410 g/mol. The minimum absolute atomic E-state index is 0.200. The lowest BCUT2D eigenvalue weighted by molar-refractivity contribution is -0.121. The van der Waals surface area contributed by atoms with E-state index in [1.54, 1.807) is 24.3 Å². The topological polar surface area (TPSA) is 103 Å². The fraction of sp³-hybridized carbons (Fsp3) is 0.556. The molecule has 1 aliphatic heterocycles. The van der Waals surface area contributed by atoms with Crippen LogP contribution in [0.15, 0.2) is 29.1 Å². The van der Waals surface area contributed by atoms with Crippen LogP contribution in [0, 0.1) is 0 Å². The maximum atomic E-state index is 12.7. The summed E-state index contributed by atoms with van der Waals surface area (Å²) >= 11 is 0. The molecule has 1 aliphatic rings. The number of morpholine rings is 1. The number of fused-ring (bicyclic) bond motifs is 1. The molecule has 154 valence electrons. The van der Waals surface area contributed by atoms with Crippen molar-refractivity contribution < 1.29 is 17.9 Å². The standard InChI is InChI=1S/C18H26N4O5S/c1-2-28(25,26)22-16-7-4-3-6-15(16)21(18(22)24)14-17(23)19-8-5-9-20-10-12-27-13-11-20/h3-4,6-7H,2,5,8-14H2,1H3,(H,19,23). The molecule has 0 saturated carbocycles. The van der Waals surface area contributed by atoms with Crippen molar-refractivity contribution >= 4 is 27.0 Å². The lowest BCUT2D eigenvalue weighted by Crippen LogP contribution is -2.39. The van der Waals surface area contributed by atoms with Crippen molar-refractivity contribution in [2.75, 3.05) is 45.1 Å². The van der Waals surface area contributed by atoms with E-state index in [2.05, 4.69) is 10.2 Å². The first-order chi connectivity index (χ1) is 13.4. The zero-order valence-corrected chi connectivity index (χ0v) is 16.8. The van der Waals surface area contributed by atoms with Gasteiger partial charge >= 0.3 is 5.69 Å². The van der Waals surface area contributed by atoms with Gasteiger partial charge in [0.05, 0.1) is 30.0 Å². The zero-order chi connectivity index (χ0) is 20.1. The Morgan fingerprint density at radius 1 is 1.18 bits per heavy atom. The van der Waals surface area contributed by atoms with Crippen molar-refractivity contribution in [2.24, 2.45) is 0 Å². The van der Waals surface area contributed by atoms with Crippen LogP contribution in [0.5, 0.6) is 0 Å². The second kappa shape index (κ2) is 8.89. The Labute approximate surface area is 163 Å². The number of amides is 1. The lowest BCUT2D eigenvalue weighted by Gasteiger charge is -2.26. The van der Waals surface area contributed by atoms with E-state index in [0.717, 1.165) is 43.2 Å². The van der Waals surface area contributed by atoms with E-state index in [9.17, 15) is 18.0 Å². The summed E-state index contributed by atoms with van der Waals surface area (Å²) in [6.07, 6.45) is 0.798. The maximum Gasteiger partial charge on any atom is 0.343 e. The molecule has 0 atom stereocenters. The fourth-order valence-corrected chi connectivity index (χ4v) is 4.33. The average Bonchev–Trinajstić information content (AvgIpc) is 2.98. The van der Waals surface area contributed by atoms with Crippen molar-refractivity contribution in [1.82, 2.24) is 18.8 Å². The predicted octanol–water partition coefficient (Wildman–Crippen LogP) is -0.161. The number of hydrogen-bond donors (Lipinski definition) is 1. The molecule has 1 aromatic heterocycles. The Morgan fingerprint density at radius 3 is 2.54 bits per heavy atom. The Hall–Kier alpha value is -2.17. The van der Waals surface area contributed by atoms with Crippen molar-refractivity contribution in [3.63, 3.8) is 0 Å². The van der Waals surface area contributed by atoms with E-state index in [1.807, 2.05) is 0 Å². The molecule has 0 unspecified atom stereocenters. The van der Waals surface area contributed by atoms with Crippen LogP contribution in [0.3, 0.4) is 0 Å². The van der Waals surface area contributed by atoms with Gasteiger partial charge in [-0.1, -0.05) is 12.1 Å². The highest BCUT2D eigenvalue weighted by Crippen LogP contribution is 2.15. The van der Waals surface area contributed by atoms with Crippen LogP contribution in [0.2, 0.25) is 0 Å². The van der Waals surface area contributed by atoms with Gasteiger partial charge in [0, 0.05) is 19.6 Å². The number of aromatic nitrogens is 2. The first kappa shape index (κ1) is 20.6. The third kappa shape index (κ3) is 4.45. The van der Waals surface area contributed by atoms with Gasteiger partial charge in [-0.25, -0.2) is 13.2 Å². The van der Waals surface area contributed by atoms with Crippen LogP contribution in [0.1, 0.15) is 13.3 Å². The van der Waals surface area contributed by atoms with Gasteiger partial charge in [-0.3, -0.25) is 14.3 Å². The molecule has 1 fully saturated rings. The number of nitrogens with one attached hydrogen (secondary N) is 1. The van der Waals surface area contributed by atoms with Gasteiger partial charge in [0.15, 0.2) is 0 Å². The summed E-state index contributed by atoms with van der Waals surface area (Å²) in [7, 11) is -3.77. The van der Waals surface area contributed by atoms with Crippen LogP contribution in [0.25, 0.3) is 11.0 Å². The highest BCUT2D eigenvalue weighted by atomic mass is 32.2. The van der Waals surface area contributed by atoms with Crippen LogP contribution in [-0.2, 0) is 26.1 Å². The smallest absolute Gasteiger partial charge is 0.343 e. The summed E-state index contributed by atoms with van der Waals surface area (Å²) < 4.78 is 32.0. The number of carbonyl (C=O) groups is 1. The van der Waals surface area contributed by atoms with Crippen molar-refractivity contribution in [3.8, 4) is 0 Å². The van der Waals surface area contributed by atoms with E-state index in [0.29, 0.717) is 12.1 Å². The number of nitrogens with zero attached hydrogens (tertiary/aromatic N) is 3. The summed E-state index contributed by atoms with van der Waals surface area (Å²) in [6.45, 7) is 5.90. The summed E-state index contributed by atoms with van der Waals surface area (Å²) in [4.78, 5) is 27.3. The van der Waals surface area contributed by atoms with E-state index in [1.165, 1.54) is 11.5 Å². The number of ether oxygens (including phenoxy) is 1. The first-order valence-corrected chi connectivity index (χ1v) is 11.1. The third-order valence-electron chi connectivity index (χ3n) is 4.82. The second-order valence-corrected chi connectivity index (χ2v) is 8.79. The van der Waals surface area contributed by atoms with Crippen LogP contribution in [-0.4, -0.2) is 72.9 Å². The molecule has 0 spiro atoms. The largest absolute Gasteiger partial charge is 0.379 e. The van der Waals surface area contributed by atoms with Crippen molar-refractivity contribution in [3.05, 3.63) is 34.7 Å². The van der Waals surface area contributed by atoms with Gasteiger partial charge in [0.1, 0.15) is 6.54 Å². The first-order valence-electron chi connectivity index (χ1n) is 9.44. The molecule has 9 nitrogen and oxygen atoms in total. The number of benzene rings is 1. The molecule has 1 saturated heterocycles. The summed E-state index contributed by atoms with van der Waals surface area (Å²) in [6, 6.07) is 6.59. The molecular formula is C18H26N4O5S. The summed E-state index contributed by atoms with van der Waals surface area (Å²) in [5, 5.41) is 2.81. The van der Waals surface area contributed by atoms with Gasteiger partial charge in [-0.2, -0.15) is 3.97 Å². The third-order valence-corrected chi connectivity index (χ3v) is 6.46. The summed E-state index contributed by atoms with van der Waals surface area (Å²) in [5.41, 5.74) is -0.00558. The predicted molar refractivity (Wildman–Crippen MR) is 106 cm³/mol. The van der Waals surface area contributed by atoms with Crippen LogP contribution >= 0.6 is 0 Å². The van der Waals surface area contributed by atoms with Gasteiger partial charge in [0.25, 0.3) is 0 Å². The van der Waals surface area contributed by atoms with Crippen molar-refractivity contribution in [1.29, 1.82) is 0 Å². The Bertz CT molecular complexity index is 989. The molecular weight excluding hydrogens is 384 g/mol. The lowest BCUT2D eigenvalue weighted by atomic mass is 10.3. The highest BCUT2D eigenvalue weighted by Gasteiger charge is 2.22. The number of carbonyl (C=O) groups excluding carboxylic acids is 1. The molecule has 0 radical (unpaired) electrons. The highest BCUT2D eigenvalue weighted by molar-refractivity contribution is 7.90. The van der Waals surface area contributed by atoms with Gasteiger partial charge < -0.3 is 10.1 Å². The molecule has 10 heteroatoms. The summed E-state index contributed by atoms with van der Waals surface area (Å²) in [5.74, 6) is -0.518. The van der Waals surface area contributed by atoms with Crippen LogP contribution in [0.4, 0.5) is 0 Å². The van der Waals surface area contributed by atoms with E-state index >= 15 is 0 Å². The van der Waals surface area contributed by atoms with E-state index < -0.39 is 15.7 Å². The van der Waals surface area contributed by atoms with E-state index in [4.69, 9.17) is 4.74 Å². The Morgan fingerprint density at radius 2 is 1.86 bits per heavy atom. The molecule has 28 heavy (non-hydrogen) atoms. The molecule has 1 amide bonds. The SMILES string of the molecule is CCS(=O)(=O)n1c(=O)n(CC(=O)NCCCN2CCOCC2)c2ccccc21. The van der Waals surface area contributed by atoms with Crippen molar-refractivity contribution in [2.45, 2.75) is 19.9 Å². The monoisotopic (exact) mass is 410 g/mol. The van der Waals surface area contributed by atoms with Gasteiger partial charge in [-0.15, -0.1) is 0 Å². The quantitative estimate of drug-likeness (QED) is 0.607. The molecule has 1 aromatic carbocycles. The van der Waals surface area contributed by atoms with Crippen LogP contribution < -0.4 is 11.0 Å². The van der Waals surface area contributed by atoms with Gasteiger partial charge in [0.2, 0.25) is 15.9 Å². The number of rotatable bonds is 8. The molecule has 3 rings (SSSR count). The van der Waals surface area contributed by atoms with E-state index in [-0.39, 0.29) is 23.7 Å². The maximum absolute atomic E-state index is 12.7. The number of para-hydroxylation sites is 2. The number of imidazole rings is 1. The zero-order valence-electron chi connectivity index (χ0n) is 16.0. The molecule has 2 aromatic rings. The normalized spacial score (nSPS) is 15.8. The Balaban J connectivity index is 1.67. The molecule has 2 heterocycles. The Kier molecular flexibility index (Phi) is 6.53. The minimum Gasteiger partial charge on any atom is -0.379 e. The number of hydrogen-bond acceptors (Lipinski definition) is 6. The molecule has 0 aliphatic carbocycles. The molecule has 1 N–H and O–H groups in total.